The van der Waals surface area contributed by atoms with E-state index in [4.69, 9.17) is 0 Å². The van der Waals surface area contributed by atoms with E-state index >= 15 is 0 Å². The molecule has 0 bridgehead atoms. The van der Waals surface area contributed by atoms with E-state index in [0.29, 0.717) is 12.4 Å². The second-order valence-electron chi connectivity index (χ2n) is 8.11. The normalized spacial score (nSPS) is 12.6. The van der Waals surface area contributed by atoms with Gasteiger partial charge in [-0.3, -0.25) is 9.59 Å². The number of Topliss-reactive ketones (excluding diaryl/α,β-unsaturated/α-hetero) is 1. The summed E-state index contributed by atoms with van der Waals surface area (Å²) in [5.41, 5.74) is 3.12. The van der Waals surface area contributed by atoms with E-state index < -0.39 is 0 Å². The molecule has 4 rings (SSSR count). The van der Waals surface area contributed by atoms with Crippen molar-refractivity contribution in [3.05, 3.63) is 72.2 Å². The van der Waals surface area contributed by atoms with Crippen LogP contribution in [-0.4, -0.2) is 36.9 Å². The van der Waals surface area contributed by atoms with E-state index in [2.05, 4.69) is 40.3 Å². The molecule has 2 aromatic carbocycles. The predicted molar refractivity (Wildman–Crippen MR) is 130 cm³/mol. The molecule has 0 aliphatic carbocycles. The number of carbonyl (C=O) groups is 2. The molecule has 0 saturated carbocycles. The lowest BCUT2D eigenvalue weighted by molar-refractivity contribution is -0.124. The maximum absolute atomic E-state index is 12.8. The number of allylic oxidation sites excluding steroid dienone is 1. The highest BCUT2D eigenvalue weighted by molar-refractivity contribution is 6.03. The Morgan fingerprint density at radius 2 is 1.61 bits per heavy atom. The van der Waals surface area contributed by atoms with Crippen LogP contribution in [0.25, 0.3) is 10.9 Å². The van der Waals surface area contributed by atoms with Crippen LogP contribution in [0.3, 0.4) is 0 Å². The van der Waals surface area contributed by atoms with E-state index in [-0.39, 0.29) is 30.1 Å². The number of amides is 1. The molecule has 1 aliphatic heterocycles. The van der Waals surface area contributed by atoms with E-state index in [0.717, 1.165) is 24.3 Å². The molecule has 0 saturated heterocycles. The van der Waals surface area contributed by atoms with Gasteiger partial charge in [-0.05, 0) is 36.1 Å². The minimum absolute atomic E-state index is 0.00150. The molecule has 3 aromatic rings. The third-order valence-electron chi connectivity index (χ3n) is 6.01. The number of fused-ring (bicyclic) bond motifs is 2. The molecule has 2 heterocycles. The second-order valence-corrected chi connectivity index (χ2v) is 8.11. The minimum Gasteiger partial charge on any atom is -0.356 e. The van der Waals surface area contributed by atoms with Gasteiger partial charge in [-0.25, -0.2) is 0 Å². The molecule has 0 unspecified atom stereocenters. The Balaban J connectivity index is 1.29. The number of anilines is 2. The van der Waals surface area contributed by atoms with Crippen LogP contribution in [0.15, 0.2) is 72.2 Å². The van der Waals surface area contributed by atoms with E-state index in [1.807, 2.05) is 60.3 Å². The summed E-state index contributed by atoms with van der Waals surface area (Å²) in [6, 6.07) is 20.1. The lowest BCUT2D eigenvalue weighted by Crippen LogP contribution is -2.28. The van der Waals surface area contributed by atoms with Gasteiger partial charge in [0.05, 0.1) is 11.4 Å². The summed E-state index contributed by atoms with van der Waals surface area (Å²) in [4.78, 5) is 28.8. The van der Waals surface area contributed by atoms with Crippen molar-refractivity contribution in [1.29, 1.82) is 5.26 Å². The number of nitrogens with one attached hydrogen (secondary N) is 1. The summed E-state index contributed by atoms with van der Waals surface area (Å²) in [7, 11) is 3.67. The van der Waals surface area contributed by atoms with E-state index in [1.54, 1.807) is 0 Å². The number of benzene rings is 2. The van der Waals surface area contributed by atoms with Gasteiger partial charge >= 0.3 is 0 Å². The summed E-state index contributed by atoms with van der Waals surface area (Å²) in [5, 5.41) is 13.8. The van der Waals surface area contributed by atoms with Crippen LogP contribution in [0, 0.1) is 11.3 Å². The Morgan fingerprint density at radius 1 is 0.939 bits per heavy atom. The number of para-hydroxylation sites is 3. The van der Waals surface area contributed by atoms with Gasteiger partial charge in [0.2, 0.25) is 5.91 Å². The molecule has 7 heteroatoms. The number of carbonyl (C=O) groups excluding carboxylic acids is 2. The zero-order chi connectivity index (χ0) is 23.4. The Bertz CT molecular complexity index is 1240. The zero-order valence-corrected chi connectivity index (χ0v) is 18.9. The van der Waals surface area contributed by atoms with Crippen LogP contribution < -0.4 is 15.1 Å². The number of nitriles is 1. The maximum Gasteiger partial charge on any atom is 0.220 e. The van der Waals surface area contributed by atoms with Gasteiger partial charge in [0.15, 0.2) is 5.78 Å². The topological polar surface area (TPSA) is 81.4 Å². The predicted octanol–water partition coefficient (Wildman–Crippen LogP) is 3.82. The first-order chi connectivity index (χ1) is 16.0. The quantitative estimate of drug-likeness (QED) is 0.327. The van der Waals surface area contributed by atoms with Crippen molar-refractivity contribution in [3.8, 4) is 6.07 Å². The number of nitrogens with zero attached hydrogens (tertiary/aromatic N) is 4. The Kier molecular flexibility index (Phi) is 6.45. The van der Waals surface area contributed by atoms with Gasteiger partial charge in [-0.1, -0.05) is 30.3 Å². The zero-order valence-electron chi connectivity index (χ0n) is 18.9. The molecule has 0 radical (unpaired) electrons. The molecule has 1 amide bonds. The SMILES string of the molecule is CN1C(=C(C#N)C(=O)CCC(=O)NCCCn2ccc3ccccc32)N(C)c2ccccc21. The molecule has 7 nitrogen and oxygen atoms in total. The van der Waals surface area contributed by atoms with Gasteiger partial charge in [-0.15, -0.1) is 0 Å². The number of aryl methyl sites for hydroxylation is 1. The van der Waals surface area contributed by atoms with E-state index in [9.17, 15) is 14.9 Å². The average Bonchev–Trinajstić information content (AvgIpc) is 3.36. The molecule has 1 aliphatic rings. The smallest absolute Gasteiger partial charge is 0.220 e. The summed E-state index contributed by atoms with van der Waals surface area (Å²) in [5.74, 6) is 0.0374. The summed E-state index contributed by atoms with van der Waals surface area (Å²) in [6.45, 7) is 1.34. The third-order valence-corrected chi connectivity index (χ3v) is 6.01. The lowest BCUT2D eigenvalue weighted by atomic mass is 10.1. The first kappa shape index (κ1) is 22.2. The van der Waals surface area contributed by atoms with E-state index in [1.165, 1.54) is 10.9 Å². The minimum atomic E-state index is -0.326. The van der Waals surface area contributed by atoms with Gasteiger partial charge in [0.25, 0.3) is 0 Å². The Morgan fingerprint density at radius 3 is 2.30 bits per heavy atom. The molecule has 0 fully saturated rings. The number of aromatic nitrogens is 1. The van der Waals surface area contributed by atoms with Crippen LogP contribution in [0.2, 0.25) is 0 Å². The van der Waals surface area contributed by atoms with Crippen molar-refractivity contribution >= 4 is 34.0 Å². The fourth-order valence-electron chi connectivity index (χ4n) is 4.31. The van der Waals surface area contributed by atoms with Crippen molar-refractivity contribution in [2.45, 2.75) is 25.8 Å². The summed E-state index contributed by atoms with van der Waals surface area (Å²) in [6.07, 6.45) is 2.90. The van der Waals surface area contributed by atoms with Crippen molar-refractivity contribution in [2.24, 2.45) is 0 Å². The molecule has 1 N–H and O–H groups in total. The molecule has 33 heavy (non-hydrogen) atoms. The fourth-order valence-corrected chi connectivity index (χ4v) is 4.31. The van der Waals surface area contributed by atoms with Gasteiger partial charge in [0, 0.05) is 51.7 Å². The Hall–Kier alpha value is -4.05. The Labute approximate surface area is 193 Å². The van der Waals surface area contributed by atoms with Gasteiger partial charge in [-0.2, -0.15) is 5.26 Å². The van der Waals surface area contributed by atoms with Crippen LogP contribution >= 0.6 is 0 Å². The van der Waals surface area contributed by atoms with Crippen LogP contribution in [0.1, 0.15) is 19.3 Å². The summed E-state index contributed by atoms with van der Waals surface area (Å²) < 4.78 is 2.17. The highest BCUT2D eigenvalue weighted by Crippen LogP contribution is 2.40. The standard InChI is InChI=1S/C26H27N5O2/c1-29-22-10-5-6-11-23(22)30(2)26(29)20(18-27)24(32)12-13-25(33)28-15-7-16-31-17-14-19-8-3-4-9-21(19)31/h3-6,8-11,14,17H,7,12-13,15-16H2,1-2H3,(H,28,33). The number of ketones is 1. The number of hydrogen-bond donors (Lipinski definition) is 1. The molecule has 1 aromatic heterocycles. The lowest BCUT2D eigenvalue weighted by Gasteiger charge is -2.19. The van der Waals surface area contributed by atoms with Crippen LogP contribution in [0.4, 0.5) is 11.4 Å². The monoisotopic (exact) mass is 441 g/mol. The summed E-state index contributed by atoms with van der Waals surface area (Å²) >= 11 is 0. The fraction of sp³-hybridized carbons (Fsp3) is 0.269. The van der Waals surface area contributed by atoms with Gasteiger partial charge in [0.1, 0.15) is 17.5 Å². The highest BCUT2D eigenvalue weighted by atomic mass is 16.2. The van der Waals surface area contributed by atoms with Crippen LogP contribution in [-0.2, 0) is 16.1 Å². The maximum atomic E-state index is 12.8. The number of hydrogen-bond acceptors (Lipinski definition) is 5. The largest absolute Gasteiger partial charge is 0.356 e. The van der Waals surface area contributed by atoms with Gasteiger partial charge < -0.3 is 19.7 Å². The first-order valence-corrected chi connectivity index (χ1v) is 11.1. The highest BCUT2D eigenvalue weighted by Gasteiger charge is 2.31. The molecule has 168 valence electrons. The number of rotatable bonds is 8. The molecule has 0 atom stereocenters. The van der Waals surface area contributed by atoms with Crippen molar-refractivity contribution < 1.29 is 9.59 Å². The van der Waals surface area contributed by atoms with Crippen molar-refractivity contribution in [3.63, 3.8) is 0 Å². The van der Waals surface area contributed by atoms with Crippen LogP contribution in [0.5, 0.6) is 0 Å². The van der Waals surface area contributed by atoms with Crippen molar-refractivity contribution in [1.82, 2.24) is 9.88 Å². The average molecular weight is 442 g/mol. The van der Waals surface area contributed by atoms with Crippen molar-refractivity contribution in [2.75, 3.05) is 30.4 Å². The second kappa shape index (κ2) is 9.61. The first-order valence-electron chi connectivity index (χ1n) is 11.1. The molecule has 0 spiro atoms. The molecular weight excluding hydrogens is 414 g/mol. The molecular formula is C26H27N5O2. The third kappa shape index (κ3) is 4.46.